The van der Waals surface area contributed by atoms with Gasteiger partial charge in [-0.25, -0.2) is 0 Å². The van der Waals surface area contributed by atoms with Crippen molar-refractivity contribution in [3.05, 3.63) is 0 Å². The van der Waals surface area contributed by atoms with Gasteiger partial charge < -0.3 is 5.11 Å². The lowest BCUT2D eigenvalue weighted by atomic mass is 9.86. The average molecular weight is 240 g/mol. The Morgan fingerprint density at radius 3 is 2.41 bits per heavy atom. The molecule has 0 bridgehead atoms. The Hall–Kier alpha value is -0.610. The highest BCUT2D eigenvalue weighted by atomic mass is 16.4. The van der Waals surface area contributed by atoms with E-state index >= 15 is 0 Å². The highest BCUT2D eigenvalue weighted by Gasteiger charge is 2.39. The van der Waals surface area contributed by atoms with Crippen LogP contribution < -0.4 is 0 Å². The Kier molecular flexibility index (Phi) is 3.73. The van der Waals surface area contributed by atoms with Gasteiger partial charge in [0.25, 0.3) is 0 Å². The molecule has 2 aliphatic rings. The molecule has 1 saturated carbocycles. The van der Waals surface area contributed by atoms with Gasteiger partial charge in [-0.05, 0) is 18.3 Å². The molecular formula is C13H24N2O2. The first-order valence-electron chi connectivity index (χ1n) is 6.67. The zero-order valence-corrected chi connectivity index (χ0v) is 11.0. The van der Waals surface area contributed by atoms with Gasteiger partial charge in [0.2, 0.25) is 0 Å². The molecule has 1 saturated heterocycles. The van der Waals surface area contributed by atoms with Crippen LogP contribution in [0.25, 0.3) is 0 Å². The van der Waals surface area contributed by atoms with Crippen molar-refractivity contribution in [2.24, 2.45) is 5.41 Å². The standard InChI is InChI=1S/C13H24N2O2/c1-13(2)5-3-4-11(13)15-8-6-14(7-9-15)10-12(16)17/h11H,3-10H2,1-2H3,(H,16,17). The van der Waals surface area contributed by atoms with Crippen molar-refractivity contribution in [3.8, 4) is 0 Å². The van der Waals surface area contributed by atoms with E-state index in [9.17, 15) is 4.79 Å². The Morgan fingerprint density at radius 1 is 1.29 bits per heavy atom. The van der Waals surface area contributed by atoms with Crippen LogP contribution in [0, 0.1) is 5.41 Å². The van der Waals surface area contributed by atoms with E-state index in [0.717, 1.165) is 26.2 Å². The summed E-state index contributed by atoms with van der Waals surface area (Å²) in [5.41, 5.74) is 0.439. The third-order valence-corrected chi connectivity index (χ3v) is 4.41. The number of piperazine rings is 1. The Bertz CT molecular complexity index is 283. The fourth-order valence-electron chi connectivity index (χ4n) is 3.41. The van der Waals surface area contributed by atoms with Crippen LogP contribution in [0.15, 0.2) is 0 Å². The second-order valence-electron chi connectivity index (χ2n) is 6.10. The molecule has 0 aromatic heterocycles. The molecule has 0 aromatic carbocycles. The maximum Gasteiger partial charge on any atom is 0.317 e. The van der Waals surface area contributed by atoms with Crippen molar-refractivity contribution in [2.45, 2.75) is 39.2 Å². The fourth-order valence-corrected chi connectivity index (χ4v) is 3.41. The van der Waals surface area contributed by atoms with Crippen LogP contribution in [-0.4, -0.2) is 59.6 Å². The molecule has 0 amide bonds. The minimum Gasteiger partial charge on any atom is -0.480 e. The van der Waals surface area contributed by atoms with Crippen LogP contribution in [-0.2, 0) is 4.79 Å². The number of carboxylic acids is 1. The molecule has 1 atom stereocenters. The maximum absolute atomic E-state index is 10.7. The summed E-state index contributed by atoms with van der Waals surface area (Å²) in [7, 11) is 0. The first kappa shape index (κ1) is 12.8. The van der Waals surface area contributed by atoms with Gasteiger partial charge in [0.15, 0.2) is 0 Å². The molecule has 17 heavy (non-hydrogen) atoms. The van der Waals surface area contributed by atoms with E-state index in [4.69, 9.17) is 5.11 Å². The predicted octanol–water partition coefficient (Wildman–Crippen LogP) is 1.27. The quantitative estimate of drug-likeness (QED) is 0.807. The summed E-state index contributed by atoms with van der Waals surface area (Å²) in [5, 5.41) is 8.77. The number of rotatable bonds is 3. The van der Waals surface area contributed by atoms with Gasteiger partial charge in [0.1, 0.15) is 0 Å². The molecule has 2 fully saturated rings. The largest absolute Gasteiger partial charge is 0.480 e. The first-order valence-corrected chi connectivity index (χ1v) is 6.67. The Morgan fingerprint density at radius 2 is 1.94 bits per heavy atom. The van der Waals surface area contributed by atoms with Gasteiger partial charge >= 0.3 is 5.97 Å². The monoisotopic (exact) mass is 240 g/mol. The van der Waals surface area contributed by atoms with Crippen LogP contribution in [0.3, 0.4) is 0 Å². The van der Waals surface area contributed by atoms with E-state index in [-0.39, 0.29) is 6.54 Å². The highest BCUT2D eigenvalue weighted by molar-refractivity contribution is 5.69. The van der Waals surface area contributed by atoms with Gasteiger partial charge in [-0.15, -0.1) is 0 Å². The molecule has 4 nitrogen and oxygen atoms in total. The Balaban J connectivity index is 1.85. The van der Waals surface area contributed by atoms with Crippen LogP contribution in [0.1, 0.15) is 33.1 Å². The number of hydrogen-bond donors (Lipinski definition) is 1. The predicted molar refractivity (Wildman–Crippen MR) is 67.1 cm³/mol. The second-order valence-corrected chi connectivity index (χ2v) is 6.10. The lowest BCUT2D eigenvalue weighted by Gasteiger charge is -2.42. The molecule has 1 heterocycles. The second kappa shape index (κ2) is 4.94. The van der Waals surface area contributed by atoms with E-state index in [1.807, 2.05) is 4.90 Å². The SMILES string of the molecule is CC1(C)CCCC1N1CCN(CC(=O)O)CC1. The molecule has 1 unspecified atom stereocenters. The van der Waals surface area contributed by atoms with Crippen molar-refractivity contribution >= 4 is 5.97 Å². The van der Waals surface area contributed by atoms with Gasteiger partial charge in [-0.3, -0.25) is 14.6 Å². The van der Waals surface area contributed by atoms with E-state index in [0.29, 0.717) is 11.5 Å². The number of aliphatic carboxylic acids is 1. The van der Waals surface area contributed by atoms with Crippen molar-refractivity contribution in [1.82, 2.24) is 9.80 Å². The smallest absolute Gasteiger partial charge is 0.317 e. The van der Waals surface area contributed by atoms with E-state index in [1.165, 1.54) is 19.3 Å². The summed E-state index contributed by atoms with van der Waals surface area (Å²) in [6, 6.07) is 0.703. The molecule has 0 spiro atoms. The van der Waals surface area contributed by atoms with Gasteiger partial charge in [0, 0.05) is 32.2 Å². The summed E-state index contributed by atoms with van der Waals surface area (Å²) in [6.45, 7) is 8.80. The van der Waals surface area contributed by atoms with Crippen molar-refractivity contribution in [1.29, 1.82) is 0 Å². The summed E-state index contributed by atoms with van der Waals surface area (Å²) < 4.78 is 0. The molecule has 4 heteroatoms. The third kappa shape index (κ3) is 2.99. The molecule has 98 valence electrons. The molecule has 1 N–H and O–H groups in total. The van der Waals surface area contributed by atoms with Gasteiger partial charge in [-0.2, -0.15) is 0 Å². The Labute approximate surface area is 104 Å². The molecular weight excluding hydrogens is 216 g/mol. The van der Waals surface area contributed by atoms with Crippen LogP contribution in [0.5, 0.6) is 0 Å². The highest BCUT2D eigenvalue weighted by Crippen LogP contribution is 2.40. The van der Waals surface area contributed by atoms with Gasteiger partial charge in [0.05, 0.1) is 6.54 Å². The number of carbonyl (C=O) groups is 1. The molecule has 2 rings (SSSR count). The van der Waals surface area contributed by atoms with Crippen LogP contribution in [0.2, 0.25) is 0 Å². The summed E-state index contributed by atoms with van der Waals surface area (Å²) in [5.74, 6) is -0.709. The van der Waals surface area contributed by atoms with E-state index < -0.39 is 5.97 Å². The van der Waals surface area contributed by atoms with Crippen LogP contribution >= 0.6 is 0 Å². The fraction of sp³-hybridized carbons (Fsp3) is 0.923. The van der Waals surface area contributed by atoms with E-state index in [1.54, 1.807) is 0 Å². The maximum atomic E-state index is 10.7. The molecule has 1 aliphatic heterocycles. The van der Waals surface area contributed by atoms with Crippen molar-refractivity contribution < 1.29 is 9.90 Å². The summed E-state index contributed by atoms with van der Waals surface area (Å²) in [6.07, 6.45) is 3.98. The van der Waals surface area contributed by atoms with Crippen molar-refractivity contribution in [2.75, 3.05) is 32.7 Å². The number of hydrogen-bond acceptors (Lipinski definition) is 3. The summed E-state index contributed by atoms with van der Waals surface area (Å²) >= 11 is 0. The zero-order chi connectivity index (χ0) is 12.5. The third-order valence-electron chi connectivity index (χ3n) is 4.41. The lowest BCUT2D eigenvalue weighted by molar-refractivity contribution is -0.138. The zero-order valence-electron chi connectivity index (χ0n) is 11.0. The minimum absolute atomic E-state index is 0.196. The minimum atomic E-state index is -0.709. The topological polar surface area (TPSA) is 43.8 Å². The molecule has 0 radical (unpaired) electrons. The van der Waals surface area contributed by atoms with Crippen molar-refractivity contribution in [3.63, 3.8) is 0 Å². The number of carboxylic acid groups (broad SMARTS) is 1. The molecule has 0 aromatic rings. The number of nitrogens with zero attached hydrogens (tertiary/aromatic N) is 2. The van der Waals surface area contributed by atoms with Crippen LogP contribution in [0.4, 0.5) is 0 Å². The first-order chi connectivity index (χ1) is 7.99. The normalized spacial score (nSPS) is 30.6. The van der Waals surface area contributed by atoms with E-state index in [2.05, 4.69) is 18.7 Å². The van der Waals surface area contributed by atoms with Gasteiger partial charge in [-0.1, -0.05) is 20.3 Å². The molecule has 1 aliphatic carbocycles. The lowest BCUT2D eigenvalue weighted by Crippen LogP contribution is -2.53. The average Bonchev–Trinajstić information content (AvgIpc) is 2.58. The summed E-state index contributed by atoms with van der Waals surface area (Å²) in [4.78, 5) is 15.3.